The van der Waals surface area contributed by atoms with Crippen LogP contribution in [0.1, 0.15) is 32.3 Å². The third-order valence-corrected chi connectivity index (χ3v) is 4.96. The normalized spacial score (nSPS) is 11.1. The number of hydrogen-bond acceptors (Lipinski definition) is 2. The number of hydrogen-bond donors (Lipinski definition) is 0. The van der Waals surface area contributed by atoms with Gasteiger partial charge in [-0.15, -0.1) is 0 Å². The van der Waals surface area contributed by atoms with Crippen LogP contribution in [0.2, 0.25) is 0 Å². The van der Waals surface area contributed by atoms with Crippen LogP contribution >= 0.6 is 15.9 Å². The van der Waals surface area contributed by atoms with Crippen LogP contribution in [0.4, 0.5) is 5.69 Å². The Bertz CT molecular complexity index is 410. The number of rotatable bonds is 6. The van der Waals surface area contributed by atoms with Gasteiger partial charge in [0.25, 0.3) is 0 Å². The van der Waals surface area contributed by atoms with Crippen molar-refractivity contribution in [2.75, 3.05) is 23.8 Å². The summed E-state index contributed by atoms with van der Waals surface area (Å²) in [6, 6.07) is 9.99. The van der Waals surface area contributed by atoms with Crippen molar-refractivity contribution in [2.45, 2.75) is 26.7 Å². The van der Waals surface area contributed by atoms with Gasteiger partial charge in [-0.05, 0) is 36.5 Å². The minimum absolute atomic E-state index is 0.303. The number of nitrogens with zero attached hydrogens (tertiary/aromatic N) is 2. The second-order valence-electron chi connectivity index (χ2n) is 4.86. The Hall–Kier alpha value is -1.01. The van der Waals surface area contributed by atoms with Gasteiger partial charge >= 0.3 is 0 Å². The molecule has 1 aromatic carbocycles. The Morgan fingerprint density at radius 1 is 1.33 bits per heavy atom. The van der Waals surface area contributed by atoms with Crippen molar-refractivity contribution in [1.82, 2.24) is 0 Å². The van der Waals surface area contributed by atoms with E-state index in [0.717, 1.165) is 36.0 Å². The number of alkyl halides is 1. The summed E-state index contributed by atoms with van der Waals surface area (Å²) in [5.74, 6) is 0. The second-order valence-corrected chi connectivity index (χ2v) is 5.42. The Balaban J connectivity index is 2.87. The largest absolute Gasteiger partial charge is 0.374 e. The minimum atomic E-state index is 0.303. The van der Waals surface area contributed by atoms with Crippen molar-refractivity contribution in [2.24, 2.45) is 5.41 Å². The molecule has 0 radical (unpaired) electrons. The summed E-state index contributed by atoms with van der Waals surface area (Å²) in [6.45, 7) is 5.48. The Kier molecular flexibility index (Phi) is 5.68. The number of halogens is 1. The lowest BCUT2D eigenvalue weighted by Gasteiger charge is -2.35. The lowest BCUT2D eigenvalue weighted by molar-refractivity contribution is 0.316. The highest BCUT2D eigenvalue weighted by Crippen LogP contribution is 2.31. The highest BCUT2D eigenvalue weighted by molar-refractivity contribution is 9.09. The molecule has 2 nitrogen and oxygen atoms in total. The molecule has 0 aliphatic carbocycles. The van der Waals surface area contributed by atoms with Crippen molar-refractivity contribution in [3.63, 3.8) is 0 Å². The molecule has 0 unspecified atom stereocenters. The van der Waals surface area contributed by atoms with Crippen LogP contribution in [-0.4, -0.2) is 18.9 Å². The predicted octanol–water partition coefficient (Wildman–Crippen LogP) is 4.20. The van der Waals surface area contributed by atoms with E-state index in [4.69, 9.17) is 5.26 Å². The highest BCUT2D eigenvalue weighted by Gasteiger charge is 2.26. The van der Waals surface area contributed by atoms with Gasteiger partial charge < -0.3 is 4.90 Å². The SMILES string of the molecule is CCC(CC)(CBr)CN(C)c1cccc(C#N)c1. The van der Waals surface area contributed by atoms with Gasteiger partial charge in [-0.3, -0.25) is 0 Å². The summed E-state index contributed by atoms with van der Waals surface area (Å²) in [6.07, 6.45) is 2.30. The van der Waals surface area contributed by atoms with Crippen molar-refractivity contribution >= 4 is 21.6 Å². The third-order valence-electron chi connectivity index (χ3n) is 3.77. The zero-order valence-electron chi connectivity index (χ0n) is 11.4. The van der Waals surface area contributed by atoms with E-state index in [0.29, 0.717) is 5.41 Å². The van der Waals surface area contributed by atoms with Crippen LogP contribution in [0.3, 0.4) is 0 Å². The molecular weight excluding hydrogens is 288 g/mol. The molecule has 0 heterocycles. The molecule has 0 atom stereocenters. The Labute approximate surface area is 119 Å². The van der Waals surface area contributed by atoms with Gasteiger partial charge in [0, 0.05) is 24.6 Å². The maximum Gasteiger partial charge on any atom is 0.0992 e. The summed E-state index contributed by atoms with van der Waals surface area (Å²) in [7, 11) is 2.10. The molecule has 1 rings (SSSR count). The minimum Gasteiger partial charge on any atom is -0.374 e. The molecular formula is C15H21BrN2. The van der Waals surface area contributed by atoms with E-state index in [1.807, 2.05) is 18.2 Å². The van der Waals surface area contributed by atoms with Gasteiger partial charge in [0.2, 0.25) is 0 Å². The second kappa shape index (κ2) is 6.80. The highest BCUT2D eigenvalue weighted by atomic mass is 79.9. The van der Waals surface area contributed by atoms with Gasteiger partial charge in [-0.25, -0.2) is 0 Å². The molecule has 1 aromatic rings. The van der Waals surface area contributed by atoms with Crippen molar-refractivity contribution in [3.05, 3.63) is 29.8 Å². The van der Waals surface area contributed by atoms with Gasteiger partial charge in [0.1, 0.15) is 0 Å². The first kappa shape index (κ1) is 15.0. The average molecular weight is 309 g/mol. The van der Waals surface area contributed by atoms with E-state index in [9.17, 15) is 0 Å². The monoisotopic (exact) mass is 308 g/mol. The van der Waals surface area contributed by atoms with E-state index in [-0.39, 0.29) is 0 Å². The van der Waals surface area contributed by atoms with Crippen molar-refractivity contribution < 1.29 is 0 Å². The summed E-state index contributed by atoms with van der Waals surface area (Å²) in [5.41, 5.74) is 2.13. The number of nitriles is 1. The van der Waals surface area contributed by atoms with Gasteiger partial charge in [0.05, 0.1) is 11.6 Å². The first-order chi connectivity index (χ1) is 8.60. The lowest BCUT2D eigenvalue weighted by Crippen LogP contribution is -2.36. The molecule has 0 spiro atoms. The molecule has 0 saturated carbocycles. The lowest BCUT2D eigenvalue weighted by atomic mass is 9.84. The summed E-state index contributed by atoms with van der Waals surface area (Å²) < 4.78 is 0. The van der Waals surface area contributed by atoms with Crippen LogP contribution < -0.4 is 4.90 Å². The summed E-state index contributed by atoms with van der Waals surface area (Å²) in [5, 5.41) is 9.95. The van der Waals surface area contributed by atoms with E-state index in [1.165, 1.54) is 0 Å². The standard InChI is InChI=1S/C15H21BrN2/c1-4-15(5-2,11-16)12-18(3)14-8-6-7-13(9-14)10-17/h6-9H,4-5,11-12H2,1-3H3. The van der Waals surface area contributed by atoms with Crippen LogP contribution in [-0.2, 0) is 0 Å². The van der Waals surface area contributed by atoms with Gasteiger partial charge in [0.15, 0.2) is 0 Å². The fourth-order valence-electron chi connectivity index (χ4n) is 2.11. The molecule has 0 aromatic heterocycles. The Morgan fingerprint density at radius 3 is 2.50 bits per heavy atom. The fourth-order valence-corrected chi connectivity index (χ4v) is 3.08. The molecule has 18 heavy (non-hydrogen) atoms. The number of benzene rings is 1. The Morgan fingerprint density at radius 2 is 2.00 bits per heavy atom. The smallest absolute Gasteiger partial charge is 0.0992 e. The van der Waals surface area contributed by atoms with Crippen LogP contribution in [0.25, 0.3) is 0 Å². The van der Waals surface area contributed by atoms with Crippen LogP contribution in [0, 0.1) is 16.7 Å². The maximum absolute atomic E-state index is 8.94. The third kappa shape index (κ3) is 3.49. The molecule has 0 aliphatic rings. The molecule has 0 N–H and O–H groups in total. The molecule has 0 amide bonds. The van der Waals surface area contributed by atoms with Gasteiger partial charge in [-0.1, -0.05) is 35.8 Å². The van der Waals surface area contributed by atoms with Crippen molar-refractivity contribution in [3.8, 4) is 6.07 Å². The first-order valence-corrected chi connectivity index (χ1v) is 7.50. The van der Waals surface area contributed by atoms with Crippen LogP contribution in [0.15, 0.2) is 24.3 Å². The molecule has 98 valence electrons. The molecule has 3 heteroatoms. The van der Waals surface area contributed by atoms with Crippen LogP contribution in [0.5, 0.6) is 0 Å². The predicted molar refractivity (Wildman–Crippen MR) is 81.2 cm³/mol. The molecule has 0 saturated heterocycles. The zero-order chi connectivity index (χ0) is 13.6. The van der Waals surface area contributed by atoms with E-state index in [1.54, 1.807) is 0 Å². The van der Waals surface area contributed by atoms with E-state index < -0.39 is 0 Å². The maximum atomic E-state index is 8.94. The topological polar surface area (TPSA) is 27.0 Å². The van der Waals surface area contributed by atoms with Gasteiger partial charge in [-0.2, -0.15) is 5.26 Å². The first-order valence-electron chi connectivity index (χ1n) is 6.38. The van der Waals surface area contributed by atoms with Crippen molar-refractivity contribution in [1.29, 1.82) is 5.26 Å². The average Bonchev–Trinajstić information content (AvgIpc) is 2.44. The zero-order valence-corrected chi connectivity index (χ0v) is 13.0. The van der Waals surface area contributed by atoms with E-state index in [2.05, 4.69) is 53.9 Å². The fraction of sp³-hybridized carbons (Fsp3) is 0.533. The summed E-state index contributed by atoms with van der Waals surface area (Å²) >= 11 is 3.64. The quantitative estimate of drug-likeness (QED) is 0.737. The number of anilines is 1. The summed E-state index contributed by atoms with van der Waals surface area (Å²) in [4.78, 5) is 2.25. The molecule has 0 fully saturated rings. The molecule has 0 bridgehead atoms. The van der Waals surface area contributed by atoms with E-state index >= 15 is 0 Å². The molecule has 0 aliphatic heterocycles.